The van der Waals surface area contributed by atoms with Gasteiger partial charge in [0.15, 0.2) is 11.5 Å². The molecule has 0 atom stereocenters. The van der Waals surface area contributed by atoms with Gasteiger partial charge in [-0.3, -0.25) is 0 Å². The molecule has 6 nitrogen and oxygen atoms in total. The van der Waals surface area contributed by atoms with Crippen LogP contribution in [0, 0.1) is 6.92 Å². The predicted molar refractivity (Wildman–Crippen MR) is 76.8 cm³/mol. The van der Waals surface area contributed by atoms with Gasteiger partial charge in [-0.1, -0.05) is 0 Å². The molecule has 0 fully saturated rings. The molecular weight excluding hydrogens is 256 g/mol. The van der Waals surface area contributed by atoms with Crippen LogP contribution in [0.1, 0.15) is 12.6 Å². The van der Waals surface area contributed by atoms with Gasteiger partial charge in [0.05, 0.1) is 0 Å². The summed E-state index contributed by atoms with van der Waals surface area (Å²) in [5.41, 5.74) is 1.80. The molecule has 0 amide bonds. The molecule has 104 valence electrons. The third-order valence-electron chi connectivity index (χ3n) is 2.83. The van der Waals surface area contributed by atoms with E-state index in [1.165, 1.54) is 0 Å². The van der Waals surface area contributed by atoms with Gasteiger partial charge in [0.25, 0.3) is 0 Å². The lowest BCUT2D eigenvalue weighted by molar-refractivity contribution is 0.174. The van der Waals surface area contributed by atoms with Crippen molar-refractivity contribution >= 4 is 17.5 Å². The van der Waals surface area contributed by atoms with Gasteiger partial charge >= 0.3 is 0 Å². The molecule has 1 aliphatic heterocycles. The highest BCUT2D eigenvalue weighted by Crippen LogP contribution is 2.34. The zero-order valence-corrected chi connectivity index (χ0v) is 11.4. The van der Waals surface area contributed by atoms with E-state index in [1.54, 1.807) is 0 Å². The monoisotopic (exact) mass is 272 g/mol. The Balaban J connectivity index is 1.83. The molecule has 2 aromatic rings. The molecule has 0 spiro atoms. The fraction of sp³-hybridized carbons (Fsp3) is 0.286. The molecule has 6 heteroatoms. The first kappa shape index (κ1) is 12.5. The number of hydrogen-bond donors (Lipinski definition) is 2. The maximum Gasteiger partial charge on any atom is 0.231 e. The second-order valence-electron chi connectivity index (χ2n) is 4.44. The number of fused-ring (bicyclic) bond motifs is 1. The second kappa shape index (κ2) is 5.24. The van der Waals surface area contributed by atoms with Crippen LogP contribution < -0.4 is 20.1 Å². The van der Waals surface area contributed by atoms with Crippen LogP contribution in [0.4, 0.5) is 17.5 Å². The van der Waals surface area contributed by atoms with Gasteiger partial charge in [-0.2, -0.15) is 4.98 Å². The van der Waals surface area contributed by atoms with Crippen molar-refractivity contribution < 1.29 is 9.47 Å². The van der Waals surface area contributed by atoms with Crippen LogP contribution in [-0.2, 0) is 0 Å². The Bertz CT molecular complexity index is 631. The first-order valence-corrected chi connectivity index (χ1v) is 6.51. The minimum absolute atomic E-state index is 0.274. The SMILES string of the molecule is CCNc1nc(C)cc(Nc2ccc3c(c2)OCO3)n1. The standard InChI is InChI=1S/C14H16N4O2/c1-3-15-14-16-9(2)6-13(18-14)17-10-4-5-11-12(7-10)20-8-19-11/h4-7H,3,8H2,1-2H3,(H2,15,16,17,18). The summed E-state index contributed by atoms with van der Waals surface area (Å²) >= 11 is 0. The normalized spacial score (nSPS) is 12.3. The van der Waals surface area contributed by atoms with Gasteiger partial charge in [0, 0.05) is 30.1 Å². The van der Waals surface area contributed by atoms with Crippen LogP contribution in [0.25, 0.3) is 0 Å². The van der Waals surface area contributed by atoms with Gasteiger partial charge in [0.1, 0.15) is 5.82 Å². The average molecular weight is 272 g/mol. The average Bonchev–Trinajstić information content (AvgIpc) is 2.85. The predicted octanol–water partition coefficient (Wildman–Crippen LogP) is 2.69. The van der Waals surface area contributed by atoms with E-state index in [9.17, 15) is 0 Å². The zero-order chi connectivity index (χ0) is 13.9. The van der Waals surface area contributed by atoms with Crippen LogP contribution in [0.5, 0.6) is 11.5 Å². The van der Waals surface area contributed by atoms with Crippen molar-refractivity contribution in [2.45, 2.75) is 13.8 Å². The van der Waals surface area contributed by atoms with Gasteiger partial charge in [0.2, 0.25) is 12.7 Å². The largest absolute Gasteiger partial charge is 0.454 e. The van der Waals surface area contributed by atoms with Gasteiger partial charge in [-0.25, -0.2) is 4.98 Å². The number of benzene rings is 1. The number of hydrogen-bond acceptors (Lipinski definition) is 6. The smallest absolute Gasteiger partial charge is 0.231 e. The van der Waals surface area contributed by atoms with Crippen molar-refractivity contribution in [2.75, 3.05) is 24.0 Å². The lowest BCUT2D eigenvalue weighted by Crippen LogP contribution is -2.05. The molecule has 20 heavy (non-hydrogen) atoms. The fourth-order valence-corrected chi connectivity index (χ4v) is 1.99. The lowest BCUT2D eigenvalue weighted by Gasteiger charge is -2.09. The van der Waals surface area contributed by atoms with Crippen molar-refractivity contribution in [3.63, 3.8) is 0 Å². The highest BCUT2D eigenvalue weighted by Gasteiger charge is 2.13. The molecule has 1 aliphatic rings. The third-order valence-corrected chi connectivity index (χ3v) is 2.83. The Hall–Kier alpha value is -2.50. The molecule has 0 aliphatic carbocycles. The van der Waals surface area contributed by atoms with Crippen LogP contribution in [0.15, 0.2) is 24.3 Å². The van der Waals surface area contributed by atoms with Crippen molar-refractivity contribution in [3.05, 3.63) is 30.0 Å². The number of rotatable bonds is 4. The topological polar surface area (TPSA) is 68.3 Å². The van der Waals surface area contributed by atoms with E-state index in [-0.39, 0.29) is 6.79 Å². The summed E-state index contributed by atoms with van der Waals surface area (Å²) in [5, 5.41) is 6.36. The summed E-state index contributed by atoms with van der Waals surface area (Å²) in [6.07, 6.45) is 0. The molecule has 1 aromatic carbocycles. The van der Waals surface area contributed by atoms with Crippen LogP contribution in [0.2, 0.25) is 0 Å². The van der Waals surface area contributed by atoms with Gasteiger partial charge in [-0.15, -0.1) is 0 Å². The Morgan fingerprint density at radius 3 is 2.85 bits per heavy atom. The number of ether oxygens (including phenoxy) is 2. The number of aromatic nitrogens is 2. The van der Waals surface area contributed by atoms with Crippen LogP contribution in [-0.4, -0.2) is 23.3 Å². The summed E-state index contributed by atoms with van der Waals surface area (Å²) in [6.45, 7) is 5.01. The summed E-state index contributed by atoms with van der Waals surface area (Å²) in [7, 11) is 0. The summed E-state index contributed by atoms with van der Waals surface area (Å²) < 4.78 is 10.6. The van der Waals surface area contributed by atoms with E-state index in [0.29, 0.717) is 5.95 Å². The maximum absolute atomic E-state index is 5.36. The molecule has 0 bridgehead atoms. The molecule has 2 heterocycles. The van der Waals surface area contributed by atoms with E-state index in [4.69, 9.17) is 9.47 Å². The molecule has 3 rings (SSSR count). The van der Waals surface area contributed by atoms with Crippen molar-refractivity contribution in [1.82, 2.24) is 9.97 Å². The van der Waals surface area contributed by atoms with Crippen LogP contribution >= 0.6 is 0 Å². The minimum Gasteiger partial charge on any atom is -0.454 e. The maximum atomic E-state index is 5.36. The van der Waals surface area contributed by atoms with Gasteiger partial charge in [-0.05, 0) is 26.0 Å². The zero-order valence-electron chi connectivity index (χ0n) is 11.4. The highest BCUT2D eigenvalue weighted by molar-refractivity contribution is 5.62. The summed E-state index contributed by atoms with van der Waals surface area (Å²) in [5.74, 6) is 2.87. The molecule has 0 saturated heterocycles. The first-order chi connectivity index (χ1) is 9.74. The molecule has 1 aromatic heterocycles. The molecule has 2 N–H and O–H groups in total. The Labute approximate surface area is 117 Å². The second-order valence-corrected chi connectivity index (χ2v) is 4.44. The van der Waals surface area contributed by atoms with E-state index >= 15 is 0 Å². The third kappa shape index (κ3) is 2.59. The van der Waals surface area contributed by atoms with Crippen molar-refractivity contribution in [2.24, 2.45) is 0 Å². The van der Waals surface area contributed by atoms with Crippen molar-refractivity contribution in [3.8, 4) is 11.5 Å². The first-order valence-electron chi connectivity index (χ1n) is 6.51. The number of nitrogens with zero attached hydrogens (tertiary/aromatic N) is 2. The number of anilines is 3. The molecule has 0 radical (unpaired) electrons. The summed E-state index contributed by atoms with van der Waals surface area (Å²) in [4.78, 5) is 8.72. The Kier molecular flexibility index (Phi) is 3.28. The van der Waals surface area contributed by atoms with E-state index in [0.717, 1.165) is 35.2 Å². The van der Waals surface area contributed by atoms with E-state index in [2.05, 4.69) is 20.6 Å². The Morgan fingerprint density at radius 1 is 1.15 bits per heavy atom. The number of aryl methyl sites for hydroxylation is 1. The fourth-order valence-electron chi connectivity index (χ4n) is 1.99. The van der Waals surface area contributed by atoms with Crippen LogP contribution in [0.3, 0.4) is 0 Å². The van der Waals surface area contributed by atoms with Gasteiger partial charge < -0.3 is 20.1 Å². The Morgan fingerprint density at radius 2 is 2.00 bits per heavy atom. The summed E-state index contributed by atoms with van der Waals surface area (Å²) in [6, 6.07) is 7.60. The van der Waals surface area contributed by atoms with E-state index < -0.39 is 0 Å². The molecule has 0 unspecified atom stereocenters. The minimum atomic E-state index is 0.274. The number of nitrogens with one attached hydrogen (secondary N) is 2. The lowest BCUT2D eigenvalue weighted by atomic mass is 10.2. The van der Waals surface area contributed by atoms with Crippen molar-refractivity contribution in [1.29, 1.82) is 0 Å². The molecular formula is C14H16N4O2. The van der Waals surface area contributed by atoms with E-state index in [1.807, 2.05) is 38.1 Å². The highest BCUT2D eigenvalue weighted by atomic mass is 16.7. The molecule has 0 saturated carbocycles. The quantitative estimate of drug-likeness (QED) is 0.892.